The quantitative estimate of drug-likeness (QED) is 0.843. The van der Waals surface area contributed by atoms with Crippen LogP contribution in [0.3, 0.4) is 0 Å². The van der Waals surface area contributed by atoms with Gasteiger partial charge in [-0.1, -0.05) is 12.1 Å². The van der Waals surface area contributed by atoms with E-state index in [-0.39, 0.29) is 11.9 Å². The van der Waals surface area contributed by atoms with Crippen LogP contribution in [0.15, 0.2) is 24.3 Å². The predicted molar refractivity (Wildman–Crippen MR) is 88.9 cm³/mol. The Balaban J connectivity index is 1.83. The molecule has 6 nitrogen and oxygen atoms in total. The molecule has 128 valence electrons. The number of ether oxygens (including phenoxy) is 1. The third-order valence-corrected chi connectivity index (χ3v) is 4.58. The fraction of sp³-hybridized carbons (Fsp3) is 0.562. The molecule has 1 heterocycles. The van der Waals surface area contributed by atoms with E-state index in [4.69, 9.17) is 4.74 Å². The Labute approximate surface area is 137 Å². The van der Waals surface area contributed by atoms with E-state index in [0.717, 1.165) is 17.6 Å². The number of nitrogens with one attached hydrogen (secondary N) is 1. The van der Waals surface area contributed by atoms with Crippen molar-refractivity contribution in [1.29, 1.82) is 0 Å². The summed E-state index contributed by atoms with van der Waals surface area (Å²) in [5.74, 6) is 0.878. The average molecular weight is 340 g/mol. The van der Waals surface area contributed by atoms with Crippen molar-refractivity contribution >= 4 is 15.9 Å². The molecule has 7 heteroatoms. The third-order valence-electron chi connectivity index (χ3n) is 3.82. The maximum atomic E-state index is 12.3. The van der Waals surface area contributed by atoms with Gasteiger partial charge in [-0.05, 0) is 37.5 Å². The lowest BCUT2D eigenvalue weighted by atomic mass is 10.0. The topological polar surface area (TPSA) is 75.7 Å². The summed E-state index contributed by atoms with van der Waals surface area (Å²) < 4.78 is 30.4. The molecule has 0 bridgehead atoms. The van der Waals surface area contributed by atoms with Crippen LogP contribution < -0.4 is 9.46 Å². The smallest absolute Gasteiger partial charge is 0.226 e. The molecule has 0 spiro atoms. The minimum atomic E-state index is -3.18. The molecule has 1 fully saturated rings. The van der Waals surface area contributed by atoms with Gasteiger partial charge in [-0.2, -0.15) is 0 Å². The Morgan fingerprint density at radius 2 is 1.87 bits per heavy atom. The summed E-state index contributed by atoms with van der Waals surface area (Å²) in [6, 6.07) is 7.48. The minimum absolute atomic E-state index is 0.0699. The second-order valence-electron chi connectivity index (χ2n) is 5.80. The first-order valence-corrected chi connectivity index (χ1v) is 9.73. The van der Waals surface area contributed by atoms with Gasteiger partial charge < -0.3 is 9.64 Å². The van der Waals surface area contributed by atoms with Gasteiger partial charge in [0, 0.05) is 19.1 Å². The van der Waals surface area contributed by atoms with E-state index < -0.39 is 10.0 Å². The van der Waals surface area contributed by atoms with Gasteiger partial charge in [0.2, 0.25) is 15.9 Å². The van der Waals surface area contributed by atoms with Crippen LogP contribution in [0.4, 0.5) is 0 Å². The highest BCUT2D eigenvalue weighted by molar-refractivity contribution is 7.88. The van der Waals surface area contributed by atoms with Crippen molar-refractivity contribution in [1.82, 2.24) is 9.62 Å². The Bertz CT molecular complexity index is 620. The Hall–Kier alpha value is -1.60. The maximum absolute atomic E-state index is 12.3. The van der Waals surface area contributed by atoms with Crippen LogP contribution in [-0.2, 0) is 21.2 Å². The Kier molecular flexibility index (Phi) is 6.01. The van der Waals surface area contributed by atoms with Crippen LogP contribution in [0.1, 0.15) is 25.3 Å². The molecule has 0 aliphatic carbocycles. The molecule has 0 atom stereocenters. The van der Waals surface area contributed by atoms with Crippen molar-refractivity contribution in [2.24, 2.45) is 0 Å². The Morgan fingerprint density at radius 1 is 1.26 bits per heavy atom. The molecular weight excluding hydrogens is 316 g/mol. The standard InChI is InChI=1S/C16H24N2O4S/c1-3-22-15-6-4-13(5-7-15)12-16(19)18-10-8-14(9-11-18)17-23(2,20)21/h4-7,14,17H,3,8-12H2,1-2H3. The van der Waals surface area contributed by atoms with E-state index in [0.29, 0.717) is 39.0 Å². The van der Waals surface area contributed by atoms with Gasteiger partial charge in [-0.3, -0.25) is 4.79 Å². The van der Waals surface area contributed by atoms with E-state index in [9.17, 15) is 13.2 Å². The summed E-state index contributed by atoms with van der Waals surface area (Å²) in [7, 11) is -3.18. The number of piperidine rings is 1. The molecule has 1 saturated heterocycles. The van der Waals surface area contributed by atoms with Gasteiger partial charge in [0.15, 0.2) is 0 Å². The summed E-state index contributed by atoms with van der Waals surface area (Å²) in [6.45, 7) is 3.72. The molecular formula is C16H24N2O4S. The normalized spacial score (nSPS) is 16.3. The Morgan fingerprint density at radius 3 is 2.39 bits per heavy atom. The number of nitrogens with zero attached hydrogens (tertiary/aromatic N) is 1. The number of sulfonamides is 1. The fourth-order valence-electron chi connectivity index (χ4n) is 2.71. The molecule has 1 N–H and O–H groups in total. The van der Waals surface area contributed by atoms with Gasteiger partial charge in [-0.25, -0.2) is 13.1 Å². The van der Waals surface area contributed by atoms with Crippen LogP contribution in [0, 0.1) is 0 Å². The highest BCUT2D eigenvalue weighted by atomic mass is 32.2. The molecule has 1 aromatic rings. The molecule has 0 aromatic heterocycles. The van der Waals surface area contributed by atoms with Gasteiger partial charge >= 0.3 is 0 Å². The summed E-state index contributed by atoms with van der Waals surface area (Å²) in [5, 5.41) is 0. The summed E-state index contributed by atoms with van der Waals surface area (Å²) >= 11 is 0. The maximum Gasteiger partial charge on any atom is 0.226 e. The van der Waals surface area contributed by atoms with Crippen molar-refractivity contribution in [3.8, 4) is 5.75 Å². The lowest BCUT2D eigenvalue weighted by Crippen LogP contribution is -2.46. The fourth-order valence-corrected chi connectivity index (χ4v) is 3.55. The van der Waals surface area contributed by atoms with Gasteiger partial charge in [0.25, 0.3) is 0 Å². The number of benzene rings is 1. The van der Waals surface area contributed by atoms with Crippen molar-refractivity contribution < 1.29 is 17.9 Å². The van der Waals surface area contributed by atoms with Crippen LogP contribution in [0.5, 0.6) is 5.75 Å². The van der Waals surface area contributed by atoms with Crippen LogP contribution >= 0.6 is 0 Å². The highest BCUT2D eigenvalue weighted by Crippen LogP contribution is 2.15. The van der Waals surface area contributed by atoms with Crippen molar-refractivity contribution in [2.75, 3.05) is 26.0 Å². The number of amides is 1. The van der Waals surface area contributed by atoms with Gasteiger partial charge in [-0.15, -0.1) is 0 Å². The molecule has 1 aromatic carbocycles. The van der Waals surface area contributed by atoms with Crippen molar-refractivity contribution in [3.63, 3.8) is 0 Å². The largest absolute Gasteiger partial charge is 0.494 e. The average Bonchev–Trinajstić information content (AvgIpc) is 2.48. The van der Waals surface area contributed by atoms with Gasteiger partial charge in [0.1, 0.15) is 5.75 Å². The number of rotatable bonds is 6. The van der Waals surface area contributed by atoms with E-state index in [2.05, 4.69) is 4.72 Å². The number of carbonyl (C=O) groups excluding carboxylic acids is 1. The van der Waals surface area contributed by atoms with Crippen LogP contribution in [0.2, 0.25) is 0 Å². The monoisotopic (exact) mass is 340 g/mol. The zero-order valence-corrected chi connectivity index (χ0v) is 14.4. The van der Waals surface area contributed by atoms with E-state index in [1.54, 1.807) is 4.90 Å². The lowest BCUT2D eigenvalue weighted by Gasteiger charge is -2.32. The zero-order chi connectivity index (χ0) is 16.9. The van der Waals surface area contributed by atoms with Crippen LogP contribution in [-0.4, -0.2) is 51.2 Å². The molecule has 2 rings (SSSR count). The molecule has 23 heavy (non-hydrogen) atoms. The minimum Gasteiger partial charge on any atom is -0.494 e. The number of likely N-dealkylation sites (tertiary alicyclic amines) is 1. The third kappa shape index (κ3) is 5.84. The van der Waals surface area contributed by atoms with Gasteiger partial charge in [0.05, 0.1) is 19.3 Å². The highest BCUT2D eigenvalue weighted by Gasteiger charge is 2.24. The molecule has 0 radical (unpaired) electrons. The molecule has 0 saturated carbocycles. The van der Waals surface area contributed by atoms with Crippen LogP contribution in [0.25, 0.3) is 0 Å². The molecule has 1 aliphatic rings. The summed E-state index contributed by atoms with van der Waals surface area (Å²) in [6.07, 6.45) is 2.83. The first kappa shape index (κ1) is 17.7. The second kappa shape index (κ2) is 7.79. The SMILES string of the molecule is CCOc1ccc(CC(=O)N2CCC(NS(C)(=O)=O)CC2)cc1. The lowest BCUT2D eigenvalue weighted by molar-refractivity contribution is -0.131. The molecule has 0 unspecified atom stereocenters. The number of hydrogen-bond acceptors (Lipinski definition) is 4. The van der Waals surface area contributed by atoms with Crippen molar-refractivity contribution in [2.45, 2.75) is 32.2 Å². The molecule has 1 aliphatic heterocycles. The first-order chi connectivity index (χ1) is 10.9. The van der Waals surface area contributed by atoms with Crippen molar-refractivity contribution in [3.05, 3.63) is 29.8 Å². The zero-order valence-electron chi connectivity index (χ0n) is 13.6. The number of hydrogen-bond donors (Lipinski definition) is 1. The van der Waals surface area contributed by atoms with E-state index in [1.165, 1.54) is 0 Å². The summed E-state index contributed by atoms with van der Waals surface area (Å²) in [4.78, 5) is 14.1. The predicted octanol–water partition coefficient (Wildman–Crippen LogP) is 1.17. The number of carbonyl (C=O) groups is 1. The first-order valence-electron chi connectivity index (χ1n) is 7.84. The molecule has 1 amide bonds. The van der Waals surface area contributed by atoms with E-state index >= 15 is 0 Å². The summed E-state index contributed by atoms with van der Waals surface area (Å²) in [5.41, 5.74) is 0.954. The second-order valence-corrected chi connectivity index (χ2v) is 7.58. The van der Waals surface area contributed by atoms with E-state index in [1.807, 2.05) is 31.2 Å².